The number of carbonyl (C=O) groups excluding carboxylic acids is 1. The Morgan fingerprint density at radius 3 is 2.53 bits per heavy atom. The molecule has 0 aromatic rings. The Morgan fingerprint density at radius 2 is 2.06 bits per heavy atom. The van der Waals surface area contributed by atoms with Gasteiger partial charge in [-0.3, -0.25) is 9.59 Å². The first-order chi connectivity index (χ1) is 7.84. The van der Waals surface area contributed by atoms with Crippen molar-refractivity contribution >= 4 is 11.9 Å². The lowest BCUT2D eigenvalue weighted by atomic mass is 9.81. The molecule has 0 aromatic heterocycles. The van der Waals surface area contributed by atoms with Crippen LogP contribution in [0, 0.1) is 11.3 Å². The van der Waals surface area contributed by atoms with Crippen molar-refractivity contribution < 1.29 is 14.7 Å². The lowest BCUT2D eigenvalue weighted by Gasteiger charge is -2.30. The Labute approximate surface area is 103 Å². The smallest absolute Gasteiger partial charge is 0.303 e. The number of carbonyl (C=O) groups is 2. The van der Waals surface area contributed by atoms with Gasteiger partial charge < -0.3 is 10.0 Å². The van der Waals surface area contributed by atoms with Gasteiger partial charge in [-0.15, -0.1) is 0 Å². The van der Waals surface area contributed by atoms with Crippen LogP contribution in [0.4, 0.5) is 0 Å². The fourth-order valence-electron chi connectivity index (χ4n) is 2.63. The molecule has 4 heteroatoms. The highest BCUT2D eigenvalue weighted by Gasteiger charge is 2.40. The van der Waals surface area contributed by atoms with Gasteiger partial charge in [0.2, 0.25) is 5.91 Å². The first kappa shape index (κ1) is 14.0. The molecule has 1 fully saturated rings. The van der Waals surface area contributed by atoms with Crippen molar-refractivity contribution in [2.75, 3.05) is 13.6 Å². The summed E-state index contributed by atoms with van der Waals surface area (Å²) in [6.07, 6.45) is 3.85. The molecule has 0 spiro atoms. The van der Waals surface area contributed by atoms with Gasteiger partial charge in [0.15, 0.2) is 0 Å². The van der Waals surface area contributed by atoms with E-state index in [2.05, 4.69) is 13.8 Å². The van der Waals surface area contributed by atoms with Gasteiger partial charge in [0, 0.05) is 25.9 Å². The van der Waals surface area contributed by atoms with Gasteiger partial charge in [0.05, 0.1) is 0 Å². The molecule has 98 valence electrons. The van der Waals surface area contributed by atoms with Gasteiger partial charge >= 0.3 is 5.97 Å². The number of carboxylic acid groups (broad SMARTS) is 1. The van der Waals surface area contributed by atoms with Crippen LogP contribution in [0.3, 0.4) is 0 Å². The van der Waals surface area contributed by atoms with Crippen LogP contribution >= 0.6 is 0 Å². The summed E-state index contributed by atoms with van der Waals surface area (Å²) in [5, 5.41) is 8.56. The van der Waals surface area contributed by atoms with Crippen molar-refractivity contribution in [3.8, 4) is 0 Å². The van der Waals surface area contributed by atoms with E-state index >= 15 is 0 Å². The minimum Gasteiger partial charge on any atom is -0.481 e. The van der Waals surface area contributed by atoms with E-state index in [9.17, 15) is 9.59 Å². The molecule has 4 nitrogen and oxygen atoms in total. The zero-order valence-electron chi connectivity index (χ0n) is 11.0. The van der Waals surface area contributed by atoms with Gasteiger partial charge in [-0.2, -0.15) is 0 Å². The Bertz CT molecular complexity index is 299. The second-order valence-electron chi connectivity index (χ2n) is 5.69. The topological polar surface area (TPSA) is 57.6 Å². The molecule has 1 unspecified atom stereocenters. The number of carboxylic acids is 1. The molecule has 1 saturated carbocycles. The molecule has 0 radical (unpaired) electrons. The number of hydrogen-bond donors (Lipinski definition) is 1. The Morgan fingerprint density at radius 1 is 1.41 bits per heavy atom. The van der Waals surface area contributed by atoms with Crippen LogP contribution < -0.4 is 0 Å². The summed E-state index contributed by atoms with van der Waals surface area (Å²) >= 11 is 0. The highest BCUT2D eigenvalue weighted by molar-refractivity contribution is 5.79. The maximum absolute atomic E-state index is 12.2. The van der Waals surface area contributed by atoms with E-state index in [4.69, 9.17) is 5.11 Å². The highest BCUT2D eigenvalue weighted by Crippen LogP contribution is 2.43. The van der Waals surface area contributed by atoms with Crippen LogP contribution in [-0.4, -0.2) is 35.5 Å². The average molecular weight is 241 g/mol. The summed E-state index contributed by atoms with van der Waals surface area (Å²) in [7, 11) is 1.78. The zero-order valence-corrected chi connectivity index (χ0v) is 11.0. The highest BCUT2D eigenvalue weighted by atomic mass is 16.4. The molecule has 0 aromatic carbocycles. The van der Waals surface area contributed by atoms with E-state index in [1.165, 1.54) is 0 Å². The maximum atomic E-state index is 12.2. The molecule has 0 saturated heterocycles. The summed E-state index contributed by atoms with van der Waals surface area (Å²) in [5.74, 6) is -0.512. The molecule has 1 aliphatic carbocycles. The molecule has 0 heterocycles. The molecule has 1 aliphatic rings. The summed E-state index contributed by atoms with van der Waals surface area (Å²) in [6.45, 7) is 4.83. The molecule has 17 heavy (non-hydrogen) atoms. The third-order valence-electron chi connectivity index (χ3n) is 3.82. The standard InChI is InChI=1S/C13H23NO3/c1-13(2)8-4-6-10(13)12(17)14(3)9-5-7-11(15)16/h10H,4-9H2,1-3H3,(H,15,16). The van der Waals surface area contributed by atoms with Gasteiger partial charge in [-0.1, -0.05) is 20.3 Å². The third kappa shape index (κ3) is 3.72. The average Bonchev–Trinajstić information content (AvgIpc) is 2.56. The number of rotatable bonds is 5. The van der Waals surface area contributed by atoms with E-state index in [0.717, 1.165) is 19.3 Å². The lowest BCUT2D eigenvalue weighted by Crippen LogP contribution is -2.38. The lowest BCUT2D eigenvalue weighted by molar-refractivity contribution is -0.139. The predicted molar refractivity (Wildman–Crippen MR) is 65.6 cm³/mol. The number of nitrogens with zero attached hydrogens (tertiary/aromatic N) is 1. The fraction of sp³-hybridized carbons (Fsp3) is 0.846. The van der Waals surface area contributed by atoms with Crippen LogP contribution in [0.2, 0.25) is 0 Å². The molecule has 1 amide bonds. The van der Waals surface area contributed by atoms with Crippen molar-refractivity contribution in [2.45, 2.75) is 46.0 Å². The number of hydrogen-bond acceptors (Lipinski definition) is 2. The van der Waals surface area contributed by atoms with Crippen LogP contribution in [0.5, 0.6) is 0 Å². The van der Waals surface area contributed by atoms with Crippen LogP contribution in [-0.2, 0) is 9.59 Å². The molecule has 1 N–H and O–H groups in total. The largest absolute Gasteiger partial charge is 0.481 e. The van der Waals surface area contributed by atoms with Crippen LogP contribution in [0.25, 0.3) is 0 Å². The summed E-state index contributed by atoms with van der Waals surface area (Å²) < 4.78 is 0. The van der Waals surface area contributed by atoms with Crippen LogP contribution in [0.15, 0.2) is 0 Å². The number of amides is 1. The summed E-state index contributed by atoms with van der Waals surface area (Å²) in [4.78, 5) is 24.3. The molecular weight excluding hydrogens is 218 g/mol. The summed E-state index contributed by atoms with van der Waals surface area (Å²) in [5.41, 5.74) is 0.0954. The maximum Gasteiger partial charge on any atom is 0.303 e. The Kier molecular flexibility index (Phi) is 4.54. The van der Waals surface area contributed by atoms with Gasteiger partial charge in [0.25, 0.3) is 0 Å². The second kappa shape index (κ2) is 5.52. The van der Waals surface area contributed by atoms with Gasteiger partial charge in [0.1, 0.15) is 0 Å². The first-order valence-corrected chi connectivity index (χ1v) is 6.31. The van der Waals surface area contributed by atoms with E-state index in [1.807, 2.05) is 0 Å². The monoisotopic (exact) mass is 241 g/mol. The van der Waals surface area contributed by atoms with Gasteiger partial charge in [-0.05, 0) is 24.7 Å². The van der Waals surface area contributed by atoms with Gasteiger partial charge in [-0.25, -0.2) is 0 Å². The minimum absolute atomic E-state index is 0.0954. The van der Waals surface area contributed by atoms with Crippen molar-refractivity contribution in [3.63, 3.8) is 0 Å². The van der Waals surface area contributed by atoms with E-state index < -0.39 is 5.97 Å². The number of aliphatic carboxylic acids is 1. The van der Waals surface area contributed by atoms with Crippen molar-refractivity contribution in [1.82, 2.24) is 4.90 Å². The van der Waals surface area contributed by atoms with E-state index in [1.54, 1.807) is 11.9 Å². The molecular formula is C13H23NO3. The second-order valence-corrected chi connectivity index (χ2v) is 5.69. The molecule has 0 aliphatic heterocycles. The molecule has 0 bridgehead atoms. The fourth-order valence-corrected chi connectivity index (χ4v) is 2.63. The molecule has 1 rings (SSSR count). The predicted octanol–water partition coefficient (Wildman–Crippen LogP) is 2.14. The molecule has 1 atom stereocenters. The third-order valence-corrected chi connectivity index (χ3v) is 3.82. The quantitative estimate of drug-likeness (QED) is 0.802. The van der Waals surface area contributed by atoms with Crippen molar-refractivity contribution in [1.29, 1.82) is 0 Å². The minimum atomic E-state index is -0.799. The van der Waals surface area contributed by atoms with Crippen LogP contribution in [0.1, 0.15) is 46.0 Å². The summed E-state index contributed by atoms with van der Waals surface area (Å²) in [6, 6.07) is 0. The van der Waals surface area contributed by atoms with E-state index in [-0.39, 0.29) is 23.7 Å². The SMILES string of the molecule is CN(CCCC(=O)O)C(=O)C1CCCC1(C)C. The van der Waals surface area contributed by atoms with Crippen molar-refractivity contribution in [2.24, 2.45) is 11.3 Å². The first-order valence-electron chi connectivity index (χ1n) is 6.31. The Hall–Kier alpha value is -1.06. The zero-order chi connectivity index (χ0) is 13.1. The van der Waals surface area contributed by atoms with Crippen molar-refractivity contribution in [3.05, 3.63) is 0 Å². The Balaban J connectivity index is 2.44. The normalized spacial score (nSPS) is 22.4. The van der Waals surface area contributed by atoms with E-state index in [0.29, 0.717) is 13.0 Å².